The van der Waals surface area contributed by atoms with Gasteiger partial charge >= 0.3 is 0 Å². The van der Waals surface area contributed by atoms with Crippen LogP contribution < -0.4 is 0 Å². The topological polar surface area (TPSA) is 57.7 Å². The van der Waals surface area contributed by atoms with Crippen LogP contribution in [0.4, 0.5) is 8.78 Å². The van der Waals surface area contributed by atoms with E-state index in [1.807, 2.05) is 31.2 Å². The molecular weight excluding hydrogens is 418 g/mol. The van der Waals surface area contributed by atoms with Gasteiger partial charge in [0, 0.05) is 36.9 Å². The fourth-order valence-corrected chi connectivity index (χ4v) is 6.12. The Balaban J connectivity index is 1.51. The third-order valence-corrected chi connectivity index (χ3v) is 8.27. The summed E-state index contributed by atoms with van der Waals surface area (Å²) in [4.78, 5) is 14.7. The van der Waals surface area contributed by atoms with Crippen molar-refractivity contribution in [3.8, 4) is 0 Å². The molecule has 0 bridgehead atoms. The van der Waals surface area contributed by atoms with Gasteiger partial charge in [0.1, 0.15) is 16.5 Å². The normalized spacial score (nSPS) is 15.8. The van der Waals surface area contributed by atoms with Crippen LogP contribution in [0, 0.1) is 18.6 Å². The second-order valence-electron chi connectivity index (χ2n) is 6.82. The van der Waals surface area contributed by atoms with E-state index in [9.17, 15) is 22.0 Å². The molecule has 0 aliphatic carbocycles. The summed E-state index contributed by atoms with van der Waals surface area (Å²) in [5.41, 5.74) is 0.916. The Labute approximate surface area is 171 Å². The Morgan fingerprint density at radius 1 is 1.03 bits per heavy atom. The van der Waals surface area contributed by atoms with Crippen molar-refractivity contribution in [2.75, 3.05) is 26.2 Å². The van der Waals surface area contributed by atoms with Gasteiger partial charge in [0.2, 0.25) is 10.0 Å². The number of hydrogen-bond acceptors (Lipinski definition) is 4. The summed E-state index contributed by atoms with van der Waals surface area (Å²) in [5, 5.41) is 1.04. The van der Waals surface area contributed by atoms with Crippen molar-refractivity contribution in [3.63, 3.8) is 0 Å². The van der Waals surface area contributed by atoms with Gasteiger partial charge in [-0.1, -0.05) is 18.2 Å². The lowest BCUT2D eigenvalue weighted by Crippen LogP contribution is -2.50. The standard InChI is InChI=1S/C20H18F2N2O3S2/c1-13-15-4-2-3-5-17(15)28-19(13)20(25)23-8-10-24(11-9-23)29(26,27)18-7-6-14(21)12-16(18)22/h2-7,12H,8-11H2,1H3. The van der Waals surface area contributed by atoms with Crippen LogP contribution in [0.3, 0.4) is 0 Å². The first-order valence-electron chi connectivity index (χ1n) is 9.01. The summed E-state index contributed by atoms with van der Waals surface area (Å²) < 4.78 is 54.6. The Morgan fingerprint density at radius 2 is 1.72 bits per heavy atom. The minimum absolute atomic E-state index is 0.0504. The van der Waals surface area contributed by atoms with Crippen LogP contribution in [0.5, 0.6) is 0 Å². The molecule has 3 aromatic rings. The van der Waals surface area contributed by atoms with Gasteiger partial charge in [0.15, 0.2) is 0 Å². The van der Waals surface area contributed by atoms with Gasteiger partial charge in [-0.05, 0) is 36.1 Å². The molecular formula is C20H18F2N2O3S2. The molecule has 0 unspecified atom stereocenters. The number of carbonyl (C=O) groups excluding carboxylic acids is 1. The first kappa shape index (κ1) is 19.9. The van der Waals surface area contributed by atoms with Crippen molar-refractivity contribution in [1.29, 1.82) is 0 Å². The molecule has 0 spiro atoms. The minimum Gasteiger partial charge on any atom is -0.335 e. The van der Waals surface area contributed by atoms with Crippen LogP contribution in [0.15, 0.2) is 47.4 Å². The second kappa shape index (κ2) is 7.47. The summed E-state index contributed by atoms with van der Waals surface area (Å²) >= 11 is 1.42. The largest absolute Gasteiger partial charge is 0.335 e. The van der Waals surface area contributed by atoms with Crippen molar-refractivity contribution < 1.29 is 22.0 Å². The summed E-state index contributed by atoms with van der Waals surface area (Å²) in [7, 11) is -4.10. The van der Waals surface area contributed by atoms with E-state index in [2.05, 4.69) is 0 Å². The van der Waals surface area contributed by atoms with E-state index in [-0.39, 0.29) is 32.1 Å². The Morgan fingerprint density at radius 3 is 2.38 bits per heavy atom. The van der Waals surface area contributed by atoms with Gasteiger partial charge in [-0.2, -0.15) is 4.31 Å². The van der Waals surface area contributed by atoms with Gasteiger partial charge in [0.25, 0.3) is 5.91 Å². The van der Waals surface area contributed by atoms with Gasteiger partial charge in [-0.15, -0.1) is 11.3 Å². The second-order valence-corrected chi connectivity index (χ2v) is 9.78. The third-order valence-electron chi connectivity index (χ3n) is 5.08. The fourth-order valence-electron chi connectivity index (χ4n) is 3.48. The van der Waals surface area contributed by atoms with Crippen LogP contribution >= 0.6 is 11.3 Å². The van der Waals surface area contributed by atoms with E-state index in [1.54, 1.807) is 4.90 Å². The molecule has 1 saturated heterocycles. The third kappa shape index (κ3) is 3.54. The van der Waals surface area contributed by atoms with E-state index in [0.29, 0.717) is 10.9 Å². The molecule has 0 saturated carbocycles. The van der Waals surface area contributed by atoms with Crippen molar-refractivity contribution in [3.05, 3.63) is 64.5 Å². The molecule has 9 heteroatoms. The maximum Gasteiger partial charge on any atom is 0.264 e. The first-order valence-corrected chi connectivity index (χ1v) is 11.3. The monoisotopic (exact) mass is 436 g/mol. The average Bonchev–Trinajstić information content (AvgIpc) is 3.04. The quantitative estimate of drug-likeness (QED) is 0.630. The maximum atomic E-state index is 14.0. The Hall–Kier alpha value is -2.36. The highest BCUT2D eigenvalue weighted by Crippen LogP contribution is 2.32. The van der Waals surface area contributed by atoms with Crippen molar-refractivity contribution in [1.82, 2.24) is 9.21 Å². The van der Waals surface area contributed by atoms with Crippen LogP contribution in [0.25, 0.3) is 10.1 Å². The molecule has 29 heavy (non-hydrogen) atoms. The molecule has 0 radical (unpaired) electrons. The molecule has 1 amide bonds. The van der Waals surface area contributed by atoms with E-state index < -0.39 is 26.6 Å². The molecule has 0 N–H and O–H groups in total. The van der Waals surface area contributed by atoms with Gasteiger partial charge in [-0.3, -0.25) is 4.79 Å². The van der Waals surface area contributed by atoms with Crippen LogP contribution in [-0.2, 0) is 10.0 Å². The molecule has 2 aromatic carbocycles. The zero-order valence-corrected chi connectivity index (χ0v) is 17.2. The minimum atomic E-state index is -4.10. The number of aryl methyl sites for hydroxylation is 1. The number of hydrogen-bond donors (Lipinski definition) is 0. The molecule has 152 valence electrons. The van der Waals surface area contributed by atoms with E-state index in [1.165, 1.54) is 11.3 Å². The zero-order valence-electron chi connectivity index (χ0n) is 15.6. The molecule has 1 fully saturated rings. The summed E-state index contributed by atoms with van der Waals surface area (Å²) in [6.45, 7) is 2.41. The summed E-state index contributed by atoms with van der Waals surface area (Å²) in [6.07, 6.45) is 0. The number of benzene rings is 2. The number of thiophene rings is 1. The maximum absolute atomic E-state index is 14.0. The molecule has 5 nitrogen and oxygen atoms in total. The average molecular weight is 437 g/mol. The van der Waals surface area contributed by atoms with Gasteiger partial charge in [0.05, 0.1) is 4.88 Å². The van der Waals surface area contributed by atoms with E-state index in [4.69, 9.17) is 0 Å². The molecule has 0 atom stereocenters. The van der Waals surface area contributed by atoms with Crippen molar-refractivity contribution in [2.24, 2.45) is 0 Å². The molecule has 1 aliphatic heterocycles. The summed E-state index contributed by atoms with van der Waals surface area (Å²) in [6, 6.07) is 10.2. The number of piperazine rings is 1. The van der Waals surface area contributed by atoms with Crippen molar-refractivity contribution in [2.45, 2.75) is 11.8 Å². The van der Waals surface area contributed by atoms with Gasteiger partial charge in [-0.25, -0.2) is 17.2 Å². The highest BCUT2D eigenvalue weighted by molar-refractivity contribution is 7.89. The lowest BCUT2D eigenvalue weighted by Gasteiger charge is -2.34. The number of amides is 1. The lowest BCUT2D eigenvalue weighted by atomic mass is 10.1. The number of nitrogens with zero attached hydrogens (tertiary/aromatic N) is 2. The number of fused-ring (bicyclic) bond motifs is 1. The smallest absolute Gasteiger partial charge is 0.264 e. The predicted molar refractivity (Wildman–Crippen MR) is 108 cm³/mol. The highest BCUT2D eigenvalue weighted by atomic mass is 32.2. The predicted octanol–water partition coefficient (Wildman–Crippen LogP) is 3.63. The van der Waals surface area contributed by atoms with Crippen LogP contribution in [0.1, 0.15) is 15.2 Å². The molecule has 1 aromatic heterocycles. The van der Waals surface area contributed by atoms with Crippen molar-refractivity contribution >= 4 is 37.4 Å². The zero-order chi connectivity index (χ0) is 20.8. The number of halogens is 2. The van der Waals surface area contributed by atoms with Crippen LogP contribution in [-0.4, -0.2) is 49.7 Å². The number of carbonyl (C=O) groups is 1. The summed E-state index contributed by atoms with van der Waals surface area (Å²) in [5.74, 6) is -2.09. The number of sulfonamides is 1. The number of rotatable bonds is 3. The Kier molecular flexibility index (Phi) is 5.14. The molecule has 4 rings (SSSR count). The van der Waals surface area contributed by atoms with E-state index in [0.717, 1.165) is 32.1 Å². The lowest BCUT2D eigenvalue weighted by molar-refractivity contribution is 0.0702. The fraction of sp³-hybridized carbons (Fsp3) is 0.250. The first-order chi connectivity index (χ1) is 13.8. The Bertz CT molecular complexity index is 1200. The van der Waals surface area contributed by atoms with Crippen LogP contribution in [0.2, 0.25) is 0 Å². The molecule has 2 heterocycles. The molecule has 1 aliphatic rings. The SMILES string of the molecule is Cc1c(C(=O)N2CCN(S(=O)(=O)c3ccc(F)cc3F)CC2)sc2ccccc12. The van der Waals surface area contributed by atoms with E-state index >= 15 is 0 Å². The van der Waals surface area contributed by atoms with Gasteiger partial charge < -0.3 is 4.90 Å². The highest BCUT2D eigenvalue weighted by Gasteiger charge is 2.33.